The Kier molecular flexibility index (Phi) is 4.69. The van der Waals surface area contributed by atoms with Crippen molar-refractivity contribution in [1.82, 2.24) is 10.3 Å². The maximum atomic E-state index is 4.07. The van der Waals surface area contributed by atoms with Crippen molar-refractivity contribution in [2.45, 2.75) is 32.9 Å². The molecular weight excluding hydrogens is 232 g/mol. The summed E-state index contributed by atoms with van der Waals surface area (Å²) >= 11 is 0. The molecule has 0 radical (unpaired) electrons. The van der Waals surface area contributed by atoms with Gasteiger partial charge in [-0.05, 0) is 36.1 Å². The predicted octanol–water partition coefficient (Wildman–Crippen LogP) is 4.13. The summed E-state index contributed by atoms with van der Waals surface area (Å²) in [5, 5.41) is 3.72. The number of nitrogens with zero attached hydrogens (tertiary/aromatic N) is 1. The summed E-state index contributed by atoms with van der Waals surface area (Å²) in [5.41, 5.74) is 2.62. The van der Waals surface area contributed by atoms with Crippen LogP contribution in [0, 0.1) is 5.92 Å². The highest BCUT2D eigenvalue weighted by Crippen LogP contribution is 2.25. The van der Waals surface area contributed by atoms with Crippen molar-refractivity contribution in [2.24, 2.45) is 5.92 Å². The molecule has 2 unspecified atom stereocenters. The first-order valence-electron chi connectivity index (χ1n) is 6.89. The monoisotopic (exact) mass is 254 g/mol. The van der Waals surface area contributed by atoms with E-state index in [0.717, 1.165) is 0 Å². The first kappa shape index (κ1) is 13.8. The van der Waals surface area contributed by atoms with Crippen LogP contribution in [0.25, 0.3) is 0 Å². The lowest BCUT2D eigenvalue weighted by atomic mass is 9.94. The highest BCUT2D eigenvalue weighted by molar-refractivity contribution is 5.21. The lowest BCUT2D eigenvalue weighted by Crippen LogP contribution is -2.28. The van der Waals surface area contributed by atoms with E-state index in [1.807, 2.05) is 12.4 Å². The van der Waals surface area contributed by atoms with Gasteiger partial charge >= 0.3 is 0 Å². The summed E-state index contributed by atoms with van der Waals surface area (Å²) in [4.78, 5) is 4.07. The van der Waals surface area contributed by atoms with Gasteiger partial charge in [0.05, 0.1) is 0 Å². The molecule has 2 nitrogen and oxygen atoms in total. The van der Waals surface area contributed by atoms with Gasteiger partial charge in [0.2, 0.25) is 0 Å². The van der Waals surface area contributed by atoms with Gasteiger partial charge in [-0.2, -0.15) is 0 Å². The normalized spacial score (nSPS) is 14.3. The van der Waals surface area contributed by atoms with Crippen LogP contribution in [-0.2, 0) is 0 Å². The van der Waals surface area contributed by atoms with Gasteiger partial charge in [0.1, 0.15) is 0 Å². The molecule has 0 saturated carbocycles. The Morgan fingerprint density at radius 2 is 1.47 bits per heavy atom. The third-order valence-electron chi connectivity index (χ3n) is 3.46. The topological polar surface area (TPSA) is 24.9 Å². The fourth-order valence-electron chi connectivity index (χ4n) is 2.35. The van der Waals surface area contributed by atoms with Gasteiger partial charge in [0, 0.05) is 24.5 Å². The average Bonchev–Trinajstić information content (AvgIpc) is 2.46. The minimum Gasteiger partial charge on any atom is -0.303 e. The molecule has 0 aliphatic rings. The van der Waals surface area contributed by atoms with Crippen molar-refractivity contribution in [3.8, 4) is 0 Å². The first-order valence-corrected chi connectivity index (χ1v) is 6.89. The molecule has 1 aromatic carbocycles. The van der Waals surface area contributed by atoms with Gasteiger partial charge in [-0.25, -0.2) is 0 Å². The molecule has 0 amide bonds. The van der Waals surface area contributed by atoms with Crippen LogP contribution in [-0.4, -0.2) is 4.98 Å². The Hall–Kier alpha value is -1.67. The number of benzene rings is 1. The maximum Gasteiger partial charge on any atom is 0.0348 e. The molecule has 2 aromatic rings. The van der Waals surface area contributed by atoms with Crippen LogP contribution in [0.3, 0.4) is 0 Å². The van der Waals surface area contributed by atoms with Gasteiger partial charge in [-0.1, -0.05) is 44.2 Å². The number of aromatic nitrogens is 1. The number of pyridine rings is 1. The summed E-state index contributed by atoms with van der Waals surface area (Å²) in [7, 11) is 0. The van der Waals surface area contributed by atoms with Crippen molar-refractivity contribution in [3.05, 3.63) is 66.0 Å². The Bertz CT molecular complexity index is 479. The third kappa shape index (κ3) is 3.65. The zero-order valence-corrected chi connectivity index (χ0v) is 11.9. The molecule has 0 aliphatic heterocycles. The molecule has 1 N–H and O–H groups in total. The molecule has 0 spiro atoms. The highest BCUT2D eigenvalue weighted by atomic mass is 15.0. The second-order valence-corrected chi connectivity index (χ2v) is 5.30. The molecule has 1 aromatic heterocycles. The standard InChI is InChI=1S/C17H22N2/c1-13(2)17(16-7-5-4-6-8-16)19-14(3)15-9-11-18-12-10-15/h4-14,17,19H,1-3H3. The van der Waals surface area contributed by atoms with Crippen LogP contribution < -0.4 is 5.32 Å². The van der Waals surface area contributed by atoms with Gasteiger partial charge in [-0.15, -0.1) is 0 Å². The lowest BCUT2D eigenvalue weighted by Gasteiger charge is -2.27. The Labute approximate surface area is 115 Å². The van der Waals surface area contributed by atoms with E-state index in [1.54, 1.807) is 0 Å². The summed E-state index contributed by atoms with van der Waals surface area (Å²) < 4.78 is 0. The van der Waals surface area contributed by atoms with Crippen LogP contribution >= 0.6 is 0 Å². The van der Waals surface area contributed by atoms with E-state index in [-0.39, 0.29) is 0 Å². The van der Waals surface area contributed by atoms with Crippen molar-refractivity contribution in [2.75, 3.05) is 0 Å². The second kappa shape index (κ2) is 6.48. The van der Waals surface area contributed by atoms with Crippen molar-refractivity contribution in [1.29, 1.82) is 0 Å². The van der Waals surface area contributed by atoms with Crippen molar-refractivity contribution >= 4 is 0 Å². The Morgan fingerprint density at radius 3 is 2.05 bits per heavy atom. The molecule has 2 atom stereocenters. The van der Waals surface area contributed by atoms with Crippen molar-refractivity contribution < 1.29 is 0 Å². The lowest BCUT2D eigenvalue weighted by molar-refractivity contribution is 0.374. The summed E-state index contributed by atoms with van der Waals surface area (Å²) in [6.45, 7) is 6.71. The molecule has 2 rings (SSSR count). The van der Waals surface area contributed by atoms with Crippen LogP contribution in [0.2, 0.25) is 0 Å². The molecule has 19 heavy (non-hydrogen) atoms. The smallest absolute Gasteiger partial charge is 0.0348 e. The van der Waals surface area contributed by atoms with Crippen LogP contribution in [0.4, 0.5) is 0 Å². The number of rotatable bonds is 5. The quantitative estimate of drug-likeness (QED) is 0.867. The minimum absolute atomic E-state index is 0.315. The second-order valence-electron chi connectivity index (χ2n) is 5.30. The Balaban J connectivity index is 2.14. The van der Waals surface area contributed by atoms with E-state index in [0.29, 0.717) is 18.0 Å². The molecule has 100 valence electrons. The minimum atomic E-state index is 0.315. The fourth-order valence-corrected chi connectivity index (χ4v) is 2.35. The summed E-state index contributed by atoms with van der Waals surface area (Å²) in [6, 6.07) is 15.5. The van der Waals surface area contributed by atoms with Gasteiger partial charge in [0.15, 0.2) is 0 Å². The zero-order valence-electron chi connectivity index (χ0n) is 11.9. The number of hydrogen-bond acceptors (Lipinski definition) is 2. The average molecular weight is 254 g/mol. The van der Waals surface area contributed by atoms with E-state index in [2.05, 4.69) is 73.5 Å². The van der Waals surface area contributed by atoms with E-state index in [4.69, 9.17) is 0 Å². The summed E-state index contributed by atoms with van der Waals surface area (Å²) in [5.74, 6) is 0.548. The Morgan fingerprint density at radius 1 is 0.842 bits per heavy atom. The van der Waals surface area contributed by atoms with Crippen LogP contribution in [0.1, 0.15) is 44.0 Å². The van der Waals surface area contributed by atoms with E-state index in [9.17, 15) is 0 Å². The molecular formula is C17H22N2. The molecule has 0 saturated heterocycles. The highest BCUT2D eigenvalue weighted by Gasteiger charge is 2.18. The van der Waals surface area contributed by atoms with Gasteiger partial charge in [0.25, 0.3) is 0 Å². The molecule has 1 heterocycles. The number of hydrogen-bond donors (Lipinski definition) is 1. The largest absolute Gasteiger partial charge is 0.303 e. The van der Waals surface area contributed by atoms with E-state index < -0.39 is 0 Å². The first-order chi connectivity index (χ1) is 9.18. The molecule has 2 heteroatoms. The van der Waals surface area contributed by atoms with E-state index in [1.165, 1.54) is 11.1 Å². The van der Waals surface area contributed by atoms with Crippen LogP contribution in [0.15, 0.2) is 54.9 Å². The van der Waals surface area contributed by atoms with E-state index >= 15 is 0 Å². The van der Waals surface area contributed by atoms with Gasteiger partial charge in [-0.3, -0.25) is 4.98 Å². The summed E-state index contributed by atoms with van der Waals surface area (Å²) in [6.07, 6.45) is 3.70. The molecule has 0 aliphatic carbocycles. The van der Waals surface area contributed by atoms with Crippen LogP contribution in [0.5, 0.6) is 0 Å². The molecule has 0 bridgehead atoms. The maximum absolute atomic E-state index is 4.07. The predicted molar refractivity (Wildman–Crippen MR) is 79.8 cm³/mol. The fraction of sp³-hybridized carbons (Fsp3) is 0.353. The van der Waals surface area contributed by atoms with Crippen molar-refractivity contribution in [3.63, 3.8) is 0 Å². The van der Waals surface area contributed by atoms with Gasteiger partial charge < -0.3 is 5.32 Å². The molecule has 0 fully saturated rings. The number of nitrogens with one attached hydrogen (secondary N) is 1. The zero-order chi connectivity index (χ0) is 13.7. The third-order valence-corrected chi connectivity index (χ3v) is 3.46. The SMILES string of the molecule is CC(NC(c1ccccc1)C(C)C)c1ccncc1.